The van der Waals surface area contributed by atoms with E-state index in [2.05, 4.69) is 33.1 Å². The van der Waals surface area contributed by atoms with Crippen LogP contribution in [0, 0.1) is 6.92 Å². The molecule has 1 fully saturated rings. The van der Waals surface area contributed by atoms with Gasteiger partial charge in [-0.3, -0.25) is 0 Å². The molecule has 0 amide bonds. The van der Waals surface area contributed by atoms with E-state index in [9.17, 15) is 0 Å². The molecule has 3 heteroatoms. The third-order valence-electron chi connectivity index (χ3n) is 3.61. The predicted molar refractivity (Wildman–Crippen MR) is 70.4 cm³/mol. The third kappa shape index (κ3) is 1.91. The zero-order valence-corrected chi connectivity index (χ0v) is 11.6. The zero-order valence-electron chi connectivity index (χ0n) is 10.8. The van der Waals surface area contributed by atoms with E-state index in [1.807, 2.05) is 11.3 Å². The van der Waals surface area contributed by atoms with Crippen LogP contribution in [0.15, 0.2) is 0 Å². The molecule has 0 spiro atoms. The Hall–Kier alpha value is -0.410. The van der Waals surface area contributed by atoms with Crippen LogP contribution < -0.4 is 5.32 Å². The predicted octanol–water partition coefficient (Wildman–Crippen LogP) is 3.22. The smallest absolute Gasteiger partial charge is 0.0956 e. The summed E-state index contributed by atoms with van der Waals surface area (Å²) < 4.78 is 0. The Morgan fingerprint density at radius 3 is 2.50 bits per heavy atom. The number of aromatic nitrogens is 1. The maximum absolute atomic E-state index is 4.73. The highest BCUT2D eigenvalue weighted by Gasteiger charge is 2.41. The van der Waals surface area contributed by atoms with Crippen molar-refractivity contribution in [3.63, 3.8) is 0 Å². The van der Waals surface area contributed by atoms with Gasteiger partial charge in [0.2, 0.25) is 0 Å². The van der Waals surface area contributed by atoms with Crippen LogP contribution in [0.25, 0.3) is 0 Å². The molecular weight excluding hydrogens is 216 g/mol. The molecule has 0 radical (unpaired) electrons. The Kier molecular flexibility index (Phi) is 3.36. The number of thiazole rings is 1. The van der Waals surface area contributed by atoms with Gasteiger partial charge in [-0.1, -0.05) is 20.3 Å². The van der Waals surface area contributed by atoms with Gasteiger partial charge in [0.05, 0.1) is 10.7 Å². The highest BCUT2D eigenvalue weighted by atomic mass is 32.1. The van der Waals surface area contributed by atoms with E-state index in [0.717, 1.165) is 6.54 Å². The Morgan fingerprint density at radius 2 is 2.12 bits per heavy atom. The summed E-state index contributed by atoms with van der Waals surface area (Å²) in [4.78, 5) is 6.27. The number of aryl methyl sites for hydroxylation is 1. The number of nitrogens with one attached hydrogen (secondary N) is 1. The molecule has 1 aromatic rings. The first-order chi connectivity index (χ1) is 7.59. The quantitative estimate of drug-likeness (QED) is 0.871. The number of hydrogen-bond acceptors (Lipinski definition) is 3. The molecule has 0 aliphatic heterocycles. The number of hydrogen-bond donors (Lipinski definition) is 1. The summed E-state index contributed by atoms with van der Waals surface area (Å²) in [5.74, 6) is 0.559. The molecule has 16 heavy (non-hydrogen) atoms. The highest BCUT2D eigenvalue weighted by Crippen LogP contribution is 2.47. The molecule has 1 N–H and O–H groups in total. The van der Waals surface area contributed by atoms with Gasteiger partial charge >= 0.3 is 0 Å². The highest BCUT2D eigenvalue weighted by molar-refractivity contribution is 7.12. The molecule has 0 atom stereocenters. The number of rotatable bonds is 4. The van der Waals surface area contributed by atoms with Crippen LogP contribution in [0.5, 0.6) is 0 Å². The van der Waals surface area contributed by atoms with Gasteiger partial charge in [0, 0.05) is 22.8 Å². The van der Waals surface area contributed by atoms with Crippen LogP contribution >= 0.6 is 11.3 Å². The van der Waals surface area contributed by atoms with E-state index in [1.54, 1.807) is 0 Å². The lowest BCUT2D eigenvalue weighted by Crippen LogP contribution is -2.42. The summed E-state index contributed by atoms with van der Waals surface area (Å²) in [5.41, 5.74) is 1.67. The van der Waals surface area contributed by atoms with Crippen LogP contribution in [-0.4, -0.2) is 18.6 Å². The molecule has 0 aromatic carbocycles. The zero-order chi connectivity index (χ0) is 11.8. The fraction of sp³-hybridized carbons (Fsp3) is 0.769. The second-order valence-electron chi connectivity index (χ2n) is 5.29. The fourth-order valence-electron chi connectivity index (χ4n) is 2.58. The van der Waals surface area contributed by atoms with Gasteiger partial charge in [-0.05, 0) is 26.8 Å². The van der Waals surface area contributed by atoms with Gasteiger partial charge in [-0.25, -0.2) is 4.98 Å². The van der Waals surface area contributed by atoms with Crippen LogP contribution in [-0.2, 0) is 5.41 Å². The number of nitrogens with zero attached hydrogens (tertiary/aromatic N) is 1. The SMILES string of the molecule is CNCC1(c2sc(C(C)C)nc2C)CCC1. The lowest BCUT2D eigenvalue weighted by molar-refractivity contribution is 0.243. The molecule has 0 bridgehead atoms. The molecule has 1 aliphatic rings. The summed E-state index contributed by atoms with van der Waals surface area (Å²) in [6.45, 7) is 7.74. The minimum Gasteiger partial charge on any atom is -0.319 e. The molecule has 2 nitrogen and oxygen atoms in total. The molecule has 0 saturated heterocycles. The fourth-order valence-corrected chi connectivity index (χ4v) is 3.90. The van der Waals surface area contributed by atoms with Crippen molar-refractivity contribution in [3.8, 4) is 0 Å². The summed E-state index contributed by atoms with van der Waals surface area (Å²) in [7, 11) is 2.06. The molecule has 0 unspecified atom stereocenters. The summed E-state index contributed by atoms with van der Waals surface area (Å²) in [6.07, 6.45) is 4.03. The molecule has 1 saturated carbocycles. The maximum Gasteiger partial charge on any atom is 0.0956 e. The van der Waals surface area contributed by atoms with E-state index >= 15 is 0 Å². The molecule has 1 aromatic heterocycles. The van der Waals surface area contributed by atoms with Crippen molar-refractivity contribution in [2.24, 2.45) is 0 Å². The average Bonchev–Trinajstić information content (AvgIpc) is 2.54. The first-order valence-electron chi connectivity index (χ1n) is 6.21. The van der Waals surface area contributed by atoms with Crippen molar-refractivity contribution in [2.45, 2.75) is 51.4 Å². The lowest BCUT2D eigenvalue weighted by Gasteiger charge is -2.41. The maximum atomic E-state index is 4.73. The van der Waals surface area contributed by atoms with Gasteiger partial charge in [0.25, 0.3) is 0 Å². The second-order valence-corrected chi connectivity index (χ2v) is 6.32. The van der Waals surface area contributed by atoms with E-state index in [1.165, 1.54) is 34.8 Å². The third-order valence-corrected chi connectivity index (χ3v) is 5.32. The normalized spacial score (nSPS) is 18.8. The standard InChI is InChI=1S/C13H22N2S/c1-9(2)12-15-10(3)11(16-12)13(8-14-4)6-5-7-13/h9,14H,5-8H2,1-4H3. The number of likely N-dealkylation sites (N-methyl/N-ethyl adjacent to an activating group) is 1. The van der Waals surface area contributed by atoms with Gasteiger partial charge in [0.1, 0.15) is 0 Å². The van der Waals surface area contributed by atoms with Gasteiger partial charge in [0.15, 0.2) is 0 Å². The largest absolute Gasteiger partial charge is 0.319 e. The van der Waals surface area contributed by atoms with Crippen molar-refractivity contribution < 1.29 is 0 Å². The first kappa shape index (κ1) is 12.1. The van der Waals surface area contributed by atoms with Crippen molar-refractivity contribution >= 4 is 11.3 Å². The van der Waals surface area contributed by atoms with Crippen molar-refractivity contribution in [3.05, 3.63) is 15.6 Å². The van der Waals surface area contributed by atoms with Crippen LogP contribution in [0.4, 0.5) is 0 Å². The Morgan fingerprint density at radius 1 is 1.44 bits per heavy atom. The molecule has 1 heterocycles. The van der Waals surface area contributed by atoms with Crippen molar-refractivity contribution in [1.29, 1.82) is 0 Å². The topological polar surface area (TPSA) is 24.9 Å². The van der Waals surface area contributed by atoms with Crippen LogP contribution in [0.3, 0.4) is 0 Å². The first-order valence-corrected chi connectivity index (χ1v) is 7.03. The van der Waals surface area contributed by atoms with Gasteiger partial charge < -0.3 is 5.32 Å². The molecule has 1 aliphatic carbocycles. The average molecular weight is 238 g/mol. The van der Waals surface area contributed by atoms with E-state index in [4.69, 9.17) is 4.98 Å². The van der Waals surface area contributed by atoms with E-state index in [0.29, 0.717) is 11.3 Å². The monoisotopic (exact) mass is 238 g/mol. The van der Waals surface area contributed by atoms with Gasteiger partial charge in [-0.2, -0.15) is 0 Å². The second kappa shape index (κ2) is 4.46. The van der Waals surface area contributed by atoms with Gasteiger partial charge in [-0.15, -0.1) is 11.3 Å². The summed E-state index contributed by atoms with van der Waals surface area (Å²) >= 11 is 1.94. The Balaban J connectivity index is 2.31. The minimum absolute atomic E-state index is 0.406. The molecular formula is C13H22N2S. The summed E-state index contributed by atoms with van der Waals surface area (Å²) in [5, 5.41) is 4.65. The van der Waals surface area contributed by atoms with Crippen molar-refractivity contribution in [2.75, 3.05) is 13.6 Å². The van der Waals surface area contributed by atoms with E-state index < -0.39 is 0 Å². The lowest BCUT2D eigenvalue weighted by atomic mass is 9.67. The van der Waals surface area contributed by atoms with Crippen LogP contribution in [0.1, 0.15) is 54.6 Å². The molecule has 90 valence electrons. The van der Waals surface area contributed by atoms with E-state index in [-0.39, 0.29) is 0 Å². The summed E-state index contributed by atoms with van der Waals surface area (Å²) in [6, 6.07) is 0. The Labute approximate surface area is 102 Å². The molecule has 2 rings (SSSR count). The van der Waals surface area contributed by atoms with Crippen molar-refractivity contribution in [1.82, 2.24) is 10.3 Å². The Bertz CT molecular complexity index is 364. The minimum atomic E-state index is 0.406. The van der Waals surface area contributed by atoms with Crippen LogP contribution in [0.2, 0.25) is 0 Å².